The van der Waals surface area contributed by atoms with E-state index in [1.807, 2.05) is 6.20 Å². The van der Waals surface area contributed by atoms with E-state index < -0.39 is 0 Å². The van der Waals surface area contributed by atoms with Gasteiger partial charge in [-0.2, -0.15) is 6.07 Å². The number of rotatable bonds is 9. The molecule has 5 nitrogen and oxygen atoms in total. The van der Waals surface area contributed by atoms with Gasteiger partial charge in [0.15, 0.2) is 0 Å². The van der Waals surface area contributed by atoms with Crippen LogP contribution in [0, 0.1) is 24.2 Å². The third-order valence-corrected chi connectivity index (χ3v) is 14.7. The van der Waals surface area contributed by atoms with Crippen LogP contribution < -0.4 is 14.5 Å². The van der Waals surface area contributed by atoms with Crippen molar-refractivity contribution in [3.05, 3.63) is 209 Å². The molecule has 8 aromatic rings. The predicted octanol–water partition coefficient (Wildman–Crippen LogP) is 17.4. The molecule has 0 saturated heterocycles. The van der Waals surface area contributed by atoms with Crippen molar-refractivity contribution in [2.75, 3.05) is 9.80 Å². The maximum absolute atomic E-state index is 6.97. The minimum absolute atomic E-state index is 0. The van der Waals surface area contributed by atoms with E-state index in [9.17, 15) is 0 Å². The van der Waals surface area contributed by atoms with Crippen molar-refractivity contribution >= 4 is 33.2 Å². The van der Waals surface area contributed by atoms with E-state index in [4.69, 9.17) is 9.72 Å². The van der Waals surface area contributed by atoms with Gasteiger partial charge in [-0.1, -0.05) is 195 Å². The molecule has 0 radical (unpaired) electrons. The molecule has 0 aliphatic carbocycles. The minimum Gasteiger partial charge on any atom is -0.509 e. The Labute approximate surface area is 445 Å². The molecule has 376 valence electrons. The number of hydrogen-bond acceptors (Lipinski definition) is 4. The van der Waals surface area contributed by atoms with Crippen LogP contribution in [0.15, 0.2) is 152 Å². The van der Waals surface area contributed by atoms with E-state index in [1.165, 1.54) is 38.8 Å². The first-order valence-electron chi connectivity index (χ1n) is 25.4. The van der Waals surface area contributed by atoms with E-state index in [-0.39, 0.29) is 53.6 Å². The minimum atomic E-state index is -0.257. The van der Waals surface area contributed by atoms with Crippen LogP contribution >= 0.6 is 0 Å². The first-order chi connectivity index (χ1) is 33.2. The summed E-state index contributed by atoms with van der Waals surface area (Å²) in [6.07, 6.45) is 4.23. The number of allylic oxidation sites excluding steroid dienone is 1. The van der Waals surface area contributed by atoms with Gasteiger partial charge < -0.3 is 19.1 Å². The summed E-state index contributed by atoms with van der Waals surface area (Å²) in [5, 5.41) is 2.27. The van der Waals surface area contributed by atoms with Crippen LogP contribution in [-0.2, 0) is 48.1 Å². The van der Waals surface area contributed by atoms with Crippen LogP contribution in [0.1, 0.15) is 150 Å². The molecule has 0 spiro atoms. The van der Waals surface area contributed by atoms with Gasteiger partial charge >= 0.3 is 0 Å². The normalized spacial score (nSPS) is 14.0. The molecule has 0 atom stereocenters. The van der Waals surface area contributed by atoms with E-state index in [2.05, 4.69) is 284 Å². The third-order valence-electron chi connectivity index (χ3n) is 14.7. The number of fused-ring (bicyclic) bond motifs is 3. The second kappa shape index (κ2) is 18.9. The van der Waals surface area contributed by atoms with Crippen LogP contribution in [0.5, 0.6) is 11.5 Å². The van der Waals surface area contributed by atoms with Gasteiger partial charge in [0.1, 0.15) is 5.82 Å². The van der Waals surface area contributed by atoms with Crippen molar-refractivity contribution in [2.45, 2.75) is 138 Å². The topological polar surface area (TPSA) is 33.5 Å². The number of ether oxygens (including phenoxy) is 1. The van der Waals surface area contributed by atoms with Gasteiger partial charge in [-0.05, 0) is 91.5 Å². The maximum Gasteiger partial charge on any atom is 0.135 e. The van der Waals surface area contributed by atoms with E-state index in [1.54, 1.807) is 0 Å². The summed E-state index contributed by atoms with van der Waals surface area (Å²) in [5.41, 5.74) is 12.9. The Kier molecular flexibility index (Phi) is 13.7. The molecule has 1 aliphatic heterocycles. The molecule has 6 aromatic carbocycles. The van der Waals surface area contributed by atoms with E-state index in [0.29, 0.717) is 11.5 Å². The van der Waals surface area contributed by atoms with Crippen LogP contribution in [-0.4, -0.2) is 9.55 Å². The van der Waals surface area contributed by atoms with Crippen molar-refractivity contribution in [2.24, 2.45) is 5.41 Å². The fourth-order valence-corrected chi connectivity index (χ4v) is 9.79. The number of aromatic nitrogens is 2. The smallest absolute Gasteiger partial charge is 0.135 e. The van der Waals surface area contributed by atoms with E-state index >= 15 is 0 Å². The fraction of sp³-hybridized carbons (Fsp3) is 0.333. The van der Waals surface area contributed by atoms with Gasteiger partial charge in [-0.15, -0.1) is 53.6 Å². The Morgan fingerprint density at radius 2 is 1.04 bits per heavy atom. The molecular formula is C66H73N4OPt-3. The van der Waals surface area contributed by atoms with Gasteiger partial charge in [0, 0.05) is 71.9 Å². The molecule has 0 N–H and O–H groups in total. The van der Waals surface area contributed by atoms with E-state index in [0.717, 1.165) is 44.9 Å². The quantitative estimate of drug-likeness (QED) is 0.135. The number of pyridine rings is 1. The number of benzene rings is 6. The Bertz CT molecular complexity index is 3230. The standard InChI is InChI=1S/C66H73N4O.Pt/c1-61(2,3)46-27-30-57-56(38-46)55-29-28-53(41-58(55)70(57)60-39-47(31-32-67-60)62(4,5)6)71-54-37-48(63(7,8)9)34-52(40-54)69-43-68(42-59(69)64(10,11)12)51-35-49(65(13,14)44-23-19-17-20-24-44)33-50(36-51)66(15,16)45-25-21-18-22-26-45;/h17-39,42-43H,1-16H3;/q-3;. The van der Waals surface area contributed by atoms with Gasteiger partial charge in [0.05, 0.1) is 0 Å². The first kappa shape index (κ1) is 52.4. The zero-order valence-corrected chi connectivity index (χ0v) is 47.7. The van der Waals surface area contributed by atoms with Crippen molar-refractivity contribution < 1.29 is 25.8 Å². The predicted molar refractivity (Wildman–Crippen MR) is 299 cm³/mol. The number of nitrogens with zero attached hydrogens (tertiary/aromatic N) is 4. The van der Waals surface area contributed by atoms with Gasteiger partial charge in [-0.3, -0.25) is 0 Å². The number of hydrogen-bond donors (Lipinski definition) is 0. The van der Waals surface area contributed by atoms with Crippen molar-refractivity contribution in [1.29, 1.82) is 0 Å². The second-order valence-corrected chi connectivity index (χ2v) is 24.9. The Balaban J connectivity index is 0.00000693. The van der Waals surface area contributed by atoms with Crippen LogP contribution in [0.3, 0.4) is 0 Å². The van der Waals surface area contributed by atoms with Crippen LogP contribution in [0.25, 0.3) is 27.6 Å². The molecule has 0 bridgehead atoms. The molecular weight excluding hydrogens is 1060 g/mol. The first-order valence-corrected chi connectivity index (χ1v) is 25.4. The van der Waals surface area contributed by atoms with Crippen molar-refractivity contribution in [3.63, 3.8) is 0 Å². The molecule has 0 amide bonds. The zero-order chi connectivity index (χ0) is 51.1. The van der Waals surface area contributed by atoms with Crippen molar-refractivity contribution in [1.82, 2.24) is 9.55 Å². The summed E-state index contributed by atoms with van der Waals surface area (Å²) in [6.45, 7) is 38.7. The van der Waals surface area contributed by atoms with Gasteiger partial charge in [0.2, 0.25) is 0 Å². The third kappa shape index (κ3) is 10.2. The SMILES string of the molecule is CC(C)(C)C1=CN(c2cc(C(C)(C)c3ccccc3)cc(C(C)(C)c3ccccc3)c2)[CH-]N1c1[c-]c(Oc2[c-]c3c(cc2)c2cc(C(C)(C)C)ccc2n3-c2cc(C(C)(C)C)ccn2)cc(C(C)(C)C)c1.[Pt]. The molecule has 3 heterocycles. The average Bonchev–Trinajstić information content (AvgIpc) is 3.92. The summed E-state index contributed by atoms with van der Waals surface area (Å²) in [5.74, 6) is 2.11. The molecule has 0 fully saturated rings. The molecule has 1 aliphatic rings. The van der Waals surface area contributed by atoms with Crippen molar-refractivity contribution in [3.8, 4) is 17.3 Å². The summed E-state index contributed by atoms with van der Waals surface area (Å²) in [6, 6.07) is 56.3. The fourth-order valence-electron chi connectivity index (χ4n) is 9.79. The Morgan fingerprint density at radius 1 is 0.472 bits per heavy atom. The zero-order valence-electron chi connectivity index (χ0n) is 45.4. The number of anilines is 2. The van der Waals surface area contributed by atoms with Gasteiger partial charge in [0.25, 0.3) is 0 Å². The Morgan fingerprint density at radius 3 is 1.60 bits per heavy atom. The van der Waals surface area contributed by atoms with Crippen LogP contribution in [0.4, 0.5) is 11.4 Å². The maximum atomic E-state index is 6.97. The molecule has 0 unspecified atom stereocenters. The largest absolute Gasteiger partial charge is 0.509 e. The van der Waals surface area contributed by atoms with Crippen LogP contribution in [0.2, 0.25) is 0 Å². The average molecular weight is 1130 g/mol. The molecule has 0 saturated carbocycles. The monoisotopic (exact) mass is 1130 g/mol. The second-order valence-electron chi connectivity index (χ2n) is 24.9. The summed E-state index contributed by atoms with van der Waals surface area (Å²) < 4.78 is 9.22. The summed E-state index contributed by atoms with van der Waals surface area (Å²) in [7, 11) is 0. The summed E-state index contributed by atoms with van der Waals surface area (Å²) in [4.78, 5) is 9.59. The van der Waals surface area contributed by atoms with Gasteiger partial charge in [-0.25, -0.2) is 4.98 Å². The molecule has 9 rings (SSSR count). The molecule has 72 heavy (non-hydrogen) atoms. The summed E-state index contributed by atoms with van der Waals surface area (Å²) >= 11 is 0. The molecule has 6 heteroatoms. The Hall–Kier alpha value is -5.90. The molecule has 2 aromatic heterocycles.